The van der Waals surface area contributed by atoms with Crippen molar-refractivity contribution < 1.29 is 27.9 Å². The average Bonchev–Trinajstić information content (AvgIpc) is 2.17. The summed E-state index contributed by atoms with van der Waals surface area (Å²) in [4.78, 5) is 0. The second-order valence-electron chi connectivity index (χ2n) is 4.45. The maximum absolute atomic E-state index is 11.0. The summed E-state index contributed by atoms with van der Waals surface area (Å²) >= 11 is 0. The van der Waals surface area contributed by atoms with Crippen LogP contribution < -0.4 is 0 Å². The zero-order valence-corrected chi connectivity index (χ0v) is 10.3. The largest absolute Gasteiger partial charge is 0.392 e. The molecular formula is C9H18O6S. The van der Waals surface area contributed by atoms with Gasteiger partial charge in [-0.25, -0.2) is 0 Å². The van der Waals surface area contributed by atoms with Crippen LogP contribution in [0.2, 0.25) is 0 Å². The van der Waals surface area contributed by atoms with E-state index in [0.29, 0.717) is 0 Å². The van der Waals surface area contributed by atoms with Crippen molar-refractivity contribution in [2.24, 2.45) is 11.8 Å². The van der Waals surface area contributed by atoms with Gasteiger partial charge in [-0.15, -0.1) is 0 Å². The maximum Gasteiger partial charge on any atom is 0.264 e. The Kier molecular flexibility index (Phi) is 3.96. The fourth-order valence-electron chi connectivity index (χ4n) is 2.00. The molecule has 16 heavy (non-hydrogen) atoms. The molecule has 1 rings (SSSR count). The highest BCUT2D eigenvalue weighted by Gasteiger charge is 2.47. The lowest BCUT2D eigenvalue weighted by atomic mass is 9.75. The number of rotatable bonds is 2. The summed E-state index contributed by atoms with van der Waals surface area (Å²) in [5, 5.41) is 29.2. The Morgan fingerprint density at radius 2 is 1.31 bits per heavy atom. The van der Waals surface area contributed by atoms with Crippen LogP contribution in [0.15, 0.2) is 0 Å². The molecule has 0 aromatic rings. The van der Waals surface area contributed by atoms with E-state index in [1.165, 1.54) is 0 Å². The van der Waals surface area contributed by atoms with Gasteiger partial charge in [0, 0.05) is 11.8 Å². The minimum absolute atomic E-state index is 0.551. The van der Waals surface area contributed by atoms with E-state index in [1.807, 2.05) is 0 Å². The first-order valence-corrected chi connectivity index (χ1v) is 6.89. The van der Waals surface area contributed by atoms with Gasteiger partial charge in [0.1, 0.15) is 6.10 Å². The summed E-state index contributed by atoms with van der Waals surface area (Å²) in [7, 11) is -3.76. The van der Waals surface area contributed by atoms with Gasteiger partial charge in [0.15, 0.2) is 0 Å². The third-order valence-corrected chi connectivity index (χ3v) is 3.69. The van der Waals surface area contributed by atoms with Crippen LogP contribution in [0.5, 0.6) is 0 Å². The molecule has 1 fully saturated rings. The second-order valence-corrected chi connectivity index (χ2v) is 6.06. The molecule has 3 N–H and O–H groups in total. The number of hydrogen-bond acceptors (Lipinski definition) is 6. The molecule has 96 valence electrons. The molecule has 6 atom stereocenters. The normalized spacial score (nSPS) is 45.6. The van der Waals surface area contributed by atoms with Gasteiger partial charge in [0.05, 0.1) is 24.6 Å². The van der Waals surface area contributed by atoms with Crippen LogP contribution >= 0.6 is 0 Å². The monoisotopic (exact) mass is 254 g/mol. The van der Waals surface area contributed by atoms with Gasteiger partial charge in [0.25, 0.3) is 10.1 Å². The molecule has 1 aliphatic carbocycles. The average molecular weight is 254 g/mol. The van der Waals surface area contributed by atoms with Crippen molar-refractivity contribution in [3.05, 3.63) is 0 Å². The number of hydrogen-bond donors (Lipinski definition) is 3. The zero-order chi connectivity index (χ0) is 12.7. The zero-order valence-electron chi connectivity index (χ0n) is 9.44. The summed E-state index contributed by atoms with van der Waals surface area (Å²) in [5.74, 6) is -1.10. The van der Waals surface area contributed by atoms with Gasteiger partial charge >= 0.3 is 0 Å². The highest BCUT2D eigenvalue weighted by atomic mass is 32.2. The Morgan fingerprint density at radius 1 is 0.938 bits per heavy atom. The van der Waals surface area contributed by atoms with Crippen molar-refractivity contribution in [2.75, 3.05) is 6.26 Å². The first kappa shape index (κ1) is 13.9. The summed E-state index contributed by atoms with van der Waals surface area (Å²) < 4.78 is 26.6. The van der Waals surface area contributed by atoms with Gasteiger partial charge < -0.3 is 15.3 Å². The standard InChI is InChI=1S/C9H18O6S/c1-4-6(10)5(2)8(12)9(7(4)11)15-16(3,13)14/h4-12H,1-3H3/t4-,5?,6?,7+,8+,9?/m0/s1. The van der Waals surface area contributed by atoms with Gasteiger partial charge in [-0.2, -0.15) is 8.42 Å². The van der Waals surface area contributed by atoms with E-state index in [-0.39, 0.29) is 0 Å². The molecule has 0 aliphatic heterocycles. The Hall–Kier alpha value is -0.210. The van der Waals surface area contributed by atoms with Gasteiger partial charge in [-0.1, -0.05) is 13.8 Å². The highest BCUT2D eigenvalue weighted by Crippen LogP contribution is 2.32. The Balaban J connectivity index is 2.91. The lowest BCUT2D eigenvalue weighted by Gasteiger charge is -2.42. The second kappa shape index (κ2) is 4.58. The van der Waals surface area contributed by atoms with Gasteiger partial charge in [-0.3, -0.25) is 4.18 Å². The SMILES string of the molecule is CC1C(O)[C@H](C)[C@@H](O)C(OS(C)(=O)=O)[C@@H]1O. The third-order valence-electron chi connectivity index (χ3n) is 3.11. The van der Waals surface area contributed by atoms with Crippen LogP contribution in [0.1, 0.15) is 13.8 Å². The molecule has 1 aliphatic rings. The van der Waals surface area contributed by atoms with E-state index in [4.69, 9.17) is 0 Å². The Bertz CT molecular complexity index is 324. The lowest BCUT2D eigenvalue weighted by Crippen LogP contribution is -2.57. The molecule has 0 radical (unpaired) electrons. The molecule has 0 saturated heterocycles. The molecule has 0 heterocycles. The smallest absolute Gasteiger partial charge is 0.264 e. The minimum atomic E-state index is -3.76. The molecule has 0 aromatic carbocycles. The molecular weight excluding hydrogens is 236 g/mol. The van der Waals surface area contributed by atoms with Crippen LogP contribution in [0, 0.1) is 11.8 Å². The van der Waals surface area contributed by atoms with Crippen molar-refractivity contribution in [3.63, 3.8) is 0 Å². The van der Waals surface area contributed by atoms with Crippen molar-refractivity contribution in [1.29, 1.82) is 0 Å². The van der Waals surface area contributed by atoms with Crippen LogP contribution in [-0.4, -0.2) is 54.4 Å². The van der Waals surface area contributed by atoms with Gasteiger partial charge in [0.2, 0.25) is 0 Å². The van der Waals surface area contributed by atoms with Crippen LogP contribution in [-0.2, 0) is 14.3 Å². The third kappa shape index (κ3) is 2.72. The molecule has 7 heteroatoms. The fourth-order valence-corrected chi connectivity index (χ4v) is 2.63. The van der Waals surface area contributed by atoms with E-state index < -0.39 is 46.4 Å². The van der Waals surface area contributed by atoms with Crippen molar-refractivity contribution in [1.82, 2.24) is 0 Å². The molecule has 0 spiro atoms. The minimum Gasteiger partial charge on any atom is -0.392 e. The van der Waals surface area contributed by atoms with E-state index in [1.54, 1.807) is 13.8 Å². The van der Waals surface area contributed by atoms with E-state index in [0.717, 1.165) is 6.26 Å². The van der Waals surface area contributed by atoms with Crippen LogP contribution in [0.4, 0.5) is 0 Å². The highest BCUT2D eigenvalue weighted by molar-refractivity contribution is 7.86. The van der Waals surface area contributed by atoms with Crippen molar-refractivity contribution >= 4 is 10.1 Å². The molecule has 1 saturated carbocycles. The Labute approximate surface area is 95.0 Å². The fraction of sp³-hybridized carbons (Fsp3) is 1.00. The first-order valence-electron chi connectivity index (χ1n) is 5.07. The molecule has 6 nitrogen and oxygen atoms in total. The molecule has 3 unspecified atom stereocenters. The quantitative estimate of drug-likeness (QED) is 0.529. The van der Waals surface area contributed by atoms with Crippen molar-refractivity contribution in [2.45, 2.75) is 38.3 Å². The van der Waals surface area contributed by atoms with Crippen LogP contribution in [0.25, 0.3) is 0 Å². The predicted octanol–water partition coefficient (Wildman–Crippen LogP) is -1.30. The molecule has 0 aromatic heterocycles. The lowest BCUT2D eigenvalue weighted by molar-refractivity contribution is -0.161. The van der Waals surface area contributed by atoms with E-state index >= 15 is 0 Å². The number of aliphatic hydroxyl groups is 3. The summed E-state index contributed by atoms with van der Waals surface area (Å²) in [6, 6.07) is 0. The topological polar surface area (TPSA) is 104 Å². The molecule has 0 bridgehead atoms. The summed E-state index contributed by atoms with van der Waals surface area (Å²) in [5.41, 5.74) is 0. The maximum atomic E-state index is 11.0. The van der Waals surface area contributed by atoms with E-state index in [9.17, 15) is 23.7 Å². The first-order chi connectivity index (χ1) is 7.15. The van der Waals surface area contributed by atoms with Crippen molar-refractivity contribution in [3.8, 4) is 0 Å². The molecule has 0 amide bonds. The van der Waals surface area contributed by atoms with Crippen LogP contribution in [0.3, 0.4) is 0 Å². The number of aliphatic hydroxyl groups excluding tert-OH is 3. The van der Waals surface area contributed by atoms with E-state index in [2.05, 4.69) is 4.18 Å². The van der Waals surface area contributed by atoms with Gasteiger partial charge in [-0.05, 0) is 0 Å². The predicted molar refractivity (Wildman–Crippen MR) is 56.1 cm³/mol. The Morgan fingerprint density at radius 3 is 1.62 bits per heavy atom. The summed E-state index contributed by atoms with van der Waals surface area (Å²) in [6.07, 6.45) is -3.67. The summed E-state index contributed by atoms with van der Waals surface area (Å²) in [6.45, 7) is 3.16.